The molecule has 0 aliphatic heterocycles. The van der Waals surface area contributed by atoms with Crippen LogP contribution < -0.4 is 21.5 Å². The maximum Gasteiger partial charge on any atom is 0.257 e. The van der Waals surface area contributed by atoms with Gasteiger partial charge in [-0.1, -0.05) is 6.07 Å². The number of aromatic hydroxyl groups is 1. The lowest BCUT2D eigenvalue weighted by molar-refractivity contribution is 0.0824. The third-order valence-electron chi connectivity index (χ3n) is 3.74. The van der Waals surface area contributed by atoms with Gasteiger partial charge in [-0.15, -0.1) is 11.3 Å². The van der Waals surface area contributed by atoms with Crippen LogP contribution in [-0.4, -0.2) is 35.0 Å². The van der Waals surface area contributed by atoms with E-state index < -0.39 is 10.9 Å². The van der Waals surface area contributed by atoms with E-state index in [9.17, 15) is 19.5 Å². The number of carbonyl (C=O) groups is 1. The second-order valence-corrected chi connectivity index (χ2v) is 6.69. The zero-order chi connectivity index (χ0) is 18.8. The molecule has 0 atom stereocenters. The Hall–Kier alpha value is -3.20. The number of phenols is 1. The molecule has 0 bridgehead atoms. The van der Waals surface area contributed by atoms with Gasteiger partial charge >= 0.3 is 0 Å². The largest absolute Gasteiger partial charge is 0.505 e. The minimum Gasteiger partial charge on any atom is -0.505 e. The fourth-order valence-electron chi connectivity index (χ4n) is 2.38. The first-order valence-corrected chi connectivity index (χ1v) is 8.54. The van der Waals surface area contributed by atoms with Gasteiger partial charge in [0.25, 0.3) is 16.8 Å². The highest BCUT2D eigenvalue weighted by Gasteiger charge is 2.23. The van der Waals surface area contributed by atoms with Crippen LogP contribution in [0.5, 0.6) is 5.75 Å². The van der Waals surface area contributed by atoms with Crippen molar-refractivity contribution in [1.29, 1.82) is 0 Å². The lowest BCUT2D eigenvalue weighted by Crippen LogP contribution is -2.36. The van der Waals surface area contributed by atoms with Gasteiger partial charge in [0.2, 0.25) is 0 Å². The number of nitrogens with one attached hydrogen (secondary N) is 2. The van der Waals surface area contributed by atoms with Crippen molar-refractivity contribution >= 4 is 34.3 Å². The summed E-state index contributed by atoms with van der Waals surface area (Å²) in [5.74, 6) is -0.664. The number of carbonyl (C=O) groups excluding carboxylic acids is 1. The highest BCUT2D eigenvalue weighted by Crippen LogP contribution is 2.32. The zero-order valence-electron chi connectivity index (χ0n) is 14.1. The molecule has 1 amide bonds. The van der Waals surface area contributed by atoms with Gasteiger partial charge in [0, 0.05) is 25.7 Å². The fraction of sp³-hybridized carbons (Fsp3) is 0.176. The Labute approximate surface area is 152 Å². The maximum absolute atomic E-state index is 12.1. The molecular weight excluding hydrogens is 356 g/mol. The molecule has 3 aromatic rings. The van der Waals surface area contributed by atoms with Crippen molar-refractivity contribution in [3.8, 4) is 5.75 Å². The van der Waals surface area contributed by atoms with E-state index in [0.29, 0.717) is 6.54 Å². The molecule has 3 N–H and O–H groups in total. The van der Waals surface area contributed by atoms with Crippen LogP contribution in [0.25, 0.3) is 0 Å². The second-order valence-electron chi connectivity index (χ2n) is 5.71. The van der Waals surface area contributed by atoms with E-state index in [1.807, 2.05) is 5.38 Å². The summed E-state index contributed by atoms with van der Waals surface area (Å²) in [6.07, 6.45) is 1.65. The summed E-state index contributed by atoms with van der Waals surface area (Å²) in [7, 11) is 3.14. The van der Waals surface area contributed by atoms with Gasteiger partial charge in [-0.3, -0.25) is 14.4 Å². The zero-order valence-corrected chi connectivity index (χ0v) is 14.9. The number of phenolic OH excluding ortho intramolecular Hbond substituents is 1. The molecule has 0 radical (unpaired) electrons. The maximum atomic E-state index is 12.1. The van der Waals surface area contributed by atoms with E-state index >= 15 is 0 Å². The Morgan fingerprint density at radius 2 is 1.96 bits per heavy atom. The predicted octanol–water partition coefficient (Wildman–Crippen LogP) is 1.50. The number of hydrogen-bond donors (Lipinski definition) is 3. The van der Waals surface area contributed by atoms with E-state index in [-0.39, 0.29) is 34.3 Å². The Kier molecular flexibility index (Phi) is 4.72. The van der Waals surface area contributed by atoms with Crippen LogP contribution >= 0.6 is 11.3 Å². The van der Waals surface area contributed by atoms with Gasteiger partial charge in [0.1, 0.15) is 16.4 Å². The van der Waals surface area contributed by atoms with Crippen LogP contribution in [-0.2, 0) is 6.54 Å². The molecule has 0 unspecified atom stereocenters. The number of rotatable bonds is 6. The van der Waals surface area contributed by atoms with Crippen LogP contribution in [0.4, 0.5) is 17.1 Å². The van der Waals surface area contributed by atoms with Gasteiger partial charge in [-0.2, -0.15) is 0 Å². The average molecular weight is 372 g/mol. The number of anilines is 3. The molecule has 0 aliphatic rings. The lowest BCUT2D eigenvalue weighted by atomic mass is 10.1. The normalized spacial score (nSPS) is 10.7. The molecule has 2 aromatic carbocycles. The highest BCUT2D eigenvalue weighted by atomic mass is 32.1. The van der Waals surface area contributed by atoms with E-state index in [0.717, 1.165) is 5.01 Å². The van der Waals surface area contributed by atoms with E-state index in [1.54, 1.807) is 26.4 Å². The number of aromatic nitrogens is 1. The number of thiazole rings is 1. The molecule has 0 spiro atoms. The summed E-state index contributed by atoms with van der Waals surface area (Å²) >= 11 is 1.42. The molecule has 9 heteroatoms. The van der Waals surface area contributed by atoms with Gasteiger partial charge in [0.05, 0.1) is 17.8 Å². The third-order valence-corrected chi connectivity index (χ3v) is 4.52. The molecule has 0 fully saturated rings. The predicted molar refractivity (Wildman–Crippen MR) is 100 cm³/mol. The van der Waals surface area contributed by atoms with Gasteiger partial charge < -0.3 is 20.6 Å². The molecular formula is C17H16N4O4S. The quantitative estimate of drug-likeness (QED) is 0.444. The first-order valence-electron chi connectivity index (χ1n) is 7.66. The van der Waals surface area contributed by atoms with Crippen molar-refractivity contribution in [2.45, 2.75) is 6.54 Å². The highest BCUT2D eigenvalue weighted by molar-refractivity contribution is 7.09. The van der Waals surface area contributed by atoms with E-state index in [4.69, 9.17) is 0 Å². The summed E-state index contributed by atoms with van der Waals surface area (Å²) in [4.78, 5) is 41.2. The van der Waals surface area contributed by atoms with Crippen LogP contribution in [0.2, 0.25) is 0 Å². The average Bonchev–Trinajstić information content (AvgIpc) is 3.14. The number of nitrogens with zero attached hydrogens (tertiary/aromatic N) is 2. The van der Waals surface area contributed by atoms with Crippen molar-refractivity contribution < 1.29 is 9.90 Å². The first kappa shape index (κ1) is 17.6. The van der Waals surface area contributed by atoms with Crippen LogP contribution in [0.1, 0.15) is 15.4 Å². The van der Waals surface area contributed by atoms with Crippen molar-refractivity contribution in [2.24, 2.45) is 0 Å². The number of hydrogen-bond acceptors (Lipinski definition) is 8. The second kappa shape index (κ2) is 6.96. The summed E-state index contributed by atoms with van der Waals surface area (Å²) < 4.78 is 0. The van der Waals surface area contributed by atoms with Crippen LogP contribution in [0.15, 0.2) is 39.4 Å². The molecule has 1 heterocycles. The standard InChI is InChI=1S/C17H16N4O4S/c1-21(2)17(25)9-4-3-5-10(14(9)22)20-13-12(15(23)16(13)24)19-8-11-18-6-7-26-11/h3-7,19-20,22H,8H2,1-2H3. The Morgan fingerprint density at radius 3 is 2.62 bits per heavy atom. The van der Waals surface area contributed by atoms with Crippen molar-refractivity contribution in [3.05, 3.63) is 60.8 Å². The number of amides is 1. The molecule has 0 aliphatic carbocycles. The fourth-order valence-corrected chi connectivity index (χ4v) is 2.93. The van der Waals surface area contributed by atoms with Crippen LogP contribution in [0.3, 0.4) is 0 Å². The topological polar surface area (TPSA) is 112 Å². The van der Waals surface area contributed by atoms with Gasteiger partial charge in [-0.25, -0.2) is 4.98 Å². The Bertz CT molecular complexity index is 1020. The molecule has 3 rings (SSSR count). The van der Waals surface area contributed by atoms with Gasteiger partial charge in [0.15, 0.2) is 5.75 Å². The van der Waals surface area contributed by atoms with Crippen molar-refractivity contribution in [3.63, 3.8) is 0 Å². The van der Waals surface area contributed by atoms with Gasteiger partial charge in [-0.05, 0) is 12.1 Å². The lowest BCUT2D eigenvalue weighted by Gasteiger charge is -2.17. The molecule has 1 aromatic heterocycles. The third kappa shape index (κ3) is 3.16. The first-order chi connectivity index (χ1) is 12.4. The van der Waals surface area contributed by atoms with Crippen molar-refractivity contribution in [2.75, 3.05) is 24.7 Å². The molecule has 0 saturated heterocycles. The summed E-state index contributed by atoms with van der Waals surface area (Å²) in [5.41, 5.74) is -0.872. The van der Waals surface area contributed by atoms with Crippen LogP contribution in [0, 0.1) is 0 Å². The monoisotopic (exact) mass is 372 g/mol. The number of para-hydroxylation sites is 1. The number of benzene rings is 1. The summed E-state index contributed by atoms with van der Waals surface area (Å²) in [5, 5.41) is 18.6. The summed E-state index contributed by atoms with van der Waals surface area (Å²) in [6, 6.07) is 4.57. The summed E-state index contributed by atoms with van der Waals surface area (Å²) in [6.45, 7) is 0.308. The SMILES string of the molecule is CN(C)C(=O)c1cccc(Nc2c(NCc3nccs3)c(=O)c2=O)c1O. The molecule has 0 saturated carbocycles. The Balaban J connectivity index is 1.85. The molecule has 8 nitrogen and oxygen atoms in total. The Morgan fingerprint density at radius 1 is 1.23 bits per heavy atom. The minimum absolute atomic E-state index is 0.0521. The van der Waals surface area contributed by atoms with E-state index in [1.165, 1.54) is 28.4 Å². The smallest absolute Gasteiger partial charge is 0.257 e. The molecule has 134 valence electrons. The minimum atomic E-state index is -0.685. The van der Waals surface area contributed by atoms with Crippen molar-refractivity contribution in [1.82, 2.24) is 9.88 Å². The molecule has 26 heavy (non-hydrogen) atoms. The van der Waals surface area contributed by atoms with E-state index in [2.05, 4.69) is 15.6 Å².